The minimum Gasteiger partial charge on any atom is -0.481 e. The molecule has 2 N–H and O–H groups in total. The second-order valence-corrected chi connectivity index (χ2v) is 15.8. The summed E-state index contributed by atoms with van der Waals surface area (Å²) in [6.07, 6.45) is 8.08. The van der Waals surface area contributed by atoms with Gasteiger partial charge in [0.2, 0.25) is 17.6 Å². The number of ketones is 1. The quantitative estimate of drug-likeness (QED) is 0.123. The van der Waals surface area contributed by atoms with Crippen LogP contribution in [0.4, 0.5) is 0 Å². The molecule has 11 heteroatoms. The molecule has 276 valence electrons. The monoisotopic (exact) mass is 755 g/mol. The number of nitrogens with zero attached hydrogens (tertiary/aromatic N) is 2. The average molecular weight is 757 g/mol. The van der Waals surface area contributed by atoms with Gasteiger partial charge < -0.3 is 24.6 Å². The summed E-state index contributed by atoms with van der Waals surface area (Å²) in [7, 11) is 1.62. The normalized spacial score (nSPS) is 19.9. The minimum atomic E-state index is -0.737. The van der Waals surface area contributed by atoms with E-state index in [0.29, 0.717) is 84.5 Å². The Morgan fingerprint density at radius 3 is 2.43 bits per heavy atom. The molecule has 53 heavy (non-hydrogen) atoms. The lowest BCUT2D eigenvalue weighted by atomic mass is 9.94. The molecular weight excluding hydrogens is 713 g/mol. The maximum absolute atomic E-state index is 11.8. The molecule has 4 aliphatic carbocycles. The fourth-order valence-corrected chi connectivity index (χ4v) is 8.31. The summed E-state index contributed by atoms with van der Waals surface area (Å²) in [5.41, 5.74) is 6.83. The Kier molecular flexibility index (Phi) is 10.1. The number of aliphatic carboxylic acids is 1. The number of benzene rings is 2. The number of ether oxygens (including phenoxy) is 3. The first-order valence-corrected chi connectivity index (χ1v) is 19.4. The number of carbonyl (C=O) groups is 2. The Balaban J connectivity index is 1.01. The van der Waals surface area contributed by atoms with E-state index < -0.39 is 11.4 Å². The molecule has 2 atom stereocenters. The predicted octanol–water partition coefficient (Wildman–Crippen LogP) is 8.99. The molecule has 2 aromatic heterocycles. The first-order chi connectivity index (χ1) is 25.7. The van der Waals surface area contributed by atoms with Crippen LogP contribution in [-0.2, 0) is 29.0 Å². The lowest BCUT2D eigenvalue weighted by molar-refractivity contribution is -0.143. The van der Waals surface area contributed by atoms with Gasteiger partial charge >= 0.3 is 5.97 Å². The van der Waals surface area contributed by atoms with Gasteiger partial charge in [-0.25, -0.2) is 4.98 Å². The van der Waals surface area contributed by atoms with Crippen LogP contribution in [0.2, 0.25) is 10.0 Å². The van der Waals surface area contributed by atoms with Crippen molar-refractivity contribution >= 4 is 35.0 Å². The van der Waals surface area contributed by atoms with Crippen molar-refractivity contribution in [3.05, 3.63) is 86.9 Å². The van der Waals surface area contributed by atoms with E-state index in [-0.39, 0.29) is 12.2 Å². The van der Waals surface area contributed by atoms with Gasteiger partial charge in [-0.05, 0) is 99.1 Å². The molecular formula is C42H43Cl2N3O6. The molecule has 0 amide bonds. The number of Topliss-reactive ketones (excluding diaryl/α,β-unsaturated/α-hetero) is 1. The zero-order chi connectivity index (χ0) is 36.7. The smallest absolute Gasteiger partial charge is 0.309 e. The molecule has 0 radical (unpaired) electrons. The minimum absolute atomic E-state index is 0.117. The van der Waals surface area contributed by atoms with E-state index in [1.54, 1.807) is 7.11 Å². The number of aromatic nitrogens is 2. The molecule has 3 saturated carbocycles. The molecule has 0 unspecified atom stereocenters. The summed E-state index contributed by atoms with van der Waals surface area (Å²) in [5.74, 6) is 1.35. The van der Waals surface area contributed by atoms with Crippen LogP contribution in [0.5, 0.6) is 17.6 Å². The largest absolute Gasteiger partial charge is 0.481 e. The topological polar surface area (TPSA) is 120 Å². The highest BCUT2D eigenvalue weighted by atomic mass is 35.5. The Labute approximate surface area is 319 Å². The Morgan fingerprint density at radius 1 is 0.906 bits per heavy atom. The molecule has 0 aliphatic heterocycles. The van der Waals surface area contributed by atoms with Gasteiger partial charge in [0.25, 0.3) is 0 Å². The van der Waals surface area contributed by atoms with Crippen LogP contribution in [0.25, 0.3) is 22.4 Å². The molecule has 2 aromatic carbocycles. The first-order valence-electron chi connectivity index (χ1n) is 18.6. The van der Waals surface area contributed by atoms with E-state index in [0.717, 1.165) is 83.3 Å². The van der Waals surface area contributed by atoms with E-state index in [1.807, 2.05) is 42.5 Å². The number of hydrogen-bond acceptors (Lipinski definition) is 8. The Morgan fingerprint density at radius 2 is 1.70 bits per heavy atom. The van der Waals surface area contributed by atoms with Gasteiger partial charge in [0, 0.05) is 41.6 Å². The first kappa shape index (κ1) is 35.8. The Bertz CT molecular complexity index is 2060. The van der Waals surface area contributed by atoms with E-state index >= 15 is 0 Å². The second-order valence-electron chi connectivity index (χ2n) is 15.0. The summed E-state index contributed by atoms with van der Waals surface area (Å²) in [6.45, 7) is 1.39. The van der Waals surface area contributed by atoms with Gasteiger partial charge in [-0.3, -0.25) is 9.59 Å². The number of carbonyl (C=O) groups excluding carboxylic acids is 1. The summed E-state index contributed by atoms with van der Waals surface area (Å²) in [6, 6.07) is 18.0. The molecule has 0 spiro atoms. The van der Waals surface area contributed by atoms with Gasteiger partial charge in [-0.1, -0.05) is 65.7 Å². The van der Waals surface area contributed by atoms with Crippen LogP contribution >= 0.6 is 23.2 Å². The number of pyridine rings is 2. The number of hydrogen-bond donors (Lipinski definition) is 2. The van der Waals surface area contributed by atoms with Crippen molar-refractivity contribution in [1.29, 1.82) is 0 Å². The molecule has 8 rings (SSSR count). The summed E-state index contributed by atoms with van der Waals surface area (Å²) >= 11 is 14.0. The zero-order valence-corrected chi connectivity index (χ0v) is 31.3. The van der Waals surface area contributed by atoms with E-state index in [1.165, 1.54) is 0 Å². The van der Waals surface area contributed by atoms with Crippen molar-refractivity contribution in [3.63, 3.8) is 0 Å². The molecule has 4 aliphatic rings. The lowest BCUT2D eigenvalue weighted by Crippen LogP contribution is -2.21. The van der Waals surface area contributed by atoms with Crippen molar-refractivity contribution in [2.75, 3.05) is 13.7 Å². The fourth-order valence-electron chi connectivity index (χ4n) is 7.77. The third kappa shape index (κ3) is 7.62. The van der Waals surface area contributed by atoms with Crippen molar-refractivity contribution in [2.24, 2.45) is 11.3 Å². The zero-order valence-electron chi connectivity index (χ0n) is 29.8. The highest BCUT2D eigenvalue weighted by Crippen LogP contribution is 2.51. The maximum atomic E-state index is 11.8. The highest BCUT2D eigenvalue weighted by molar-refractivity contribution is 6.36. The average Bonchev–Trinajstić information content (AvgIpc) is 4.07. The van der Waals surface area contributed by atoms with Gasteiger partial charge in [0.1, 0.15) is 23.0 Å². The third-order valence-corrected chi connectivity index (χ3v) is 11.9. The standard InChI is InChI=1S/C42H43Cl2N3O6/c1-51-38-26(23-45-22-24-8-10-27(48)20-24)9-14-35(46-38)33-7-3-6-32(37(33)44)29-4-2-5-31-30(29)13-15-36(31)53-40-34(43)21-25(39(47-40)52-28-11-12-28)16-17-42(18-19-42)41(49)50/h2-7,9,14,21,24,28,36,45H,8,10-13,15-20,22-23H2,1H3,(H,49,50)/t24-,36+/m1/s1. The van der Waals surface area contributed by atoms with Crippen LogP contribution in [0.1, 0.15) is 86.1 Å². The van der Waals surface area contributed by atoms with Crippen molar-refractivity contribution in [1.82, 2.24) is 15.3 Å². The molecule has 9 nitrogen and oxygen atoms in total. The summed E-state index contributed by atoms with van der Waals surface area (Å²) < 4.78 is 18.4. The number of aryl methyl sites for hydroxylation is 1. The molecule has 3 fully saturated rings. The van der Waals surface area contributed by atoms with E-state index in [4.69, 9.17) is 47.4 Å². The summed E-state index contributed by atoms with van der Waals surface area (Å²) in [4.78, 5) is 33.1. The van der Waals surface area contributed by atoms with Crippen molar-refractivity contribution in [2.45, 2.75) is 89.4 Å². The number of nitrogens with one attached hydrogen (secondary N) is 1. The van der Waals surface area contributed by atoms with Crippen LogP contribution in [0.15, 0.2) is 54.6 Å². The highest BCUT2D eigenvalue weighted by Gasteiger charge is 2.49. The van der Waals surface area contributed by atoms with Gasteiger partial charge in [-0.2, -0.15) is 4.98 Å². The van der Waals surface area contributed by atoms with E-state index in [9.17, 15) is 14.7 Å². The fraction of sp³-hybridized carbons (Fsp3) is 0.429. The van der Waals surface area contributed by atoms with Crippen molar-refractivity contribution < 1.29 is 28.9 Å². The number of carboxylic acid groups (broad SMARTS) is 1. The number of methoxy groups -OCH3 is 1. The van der Waals surface area contributed by atoms with Crippen LogP contribution < -0.4 is 19.5 Å². The molecule has 0 bridgehead atoms. The lowest BCUT2D eigenvalue weighted by Gasteiger charge is -2.19. The van der Waals surface area contributed by atoms with Crippen LogP contribution in [0.3, 0.4) is 0 Å². The molecule has 2 heterocycles. The van der Waals surface area contributed by atoms with Gasteiger partial charge in [-0.15, -0.1) is 0 Å². The van der Waals surface area contributed by atoms with Crippen molar-refractivity contribution in [3.8, 4) is 40.0 Å². The maximum Gasteiger partial charge on any atom is 0.309 e. The summed E-state index contributed by atoms with van der Waals surface area (Å²) in [5, 5.41) is 14.2. The van der Waals surface area contributed by atoms with Gasteiger partial charge in [0.15, 0.2) is 0 Å². The van der Waals surface area contributed by atoms with Gasteiger partial charge in [0.05, 0.1) is 23.2 Å². The number of rotatable bonds is 15. The van der Waals surface area contributed by atoms with E-state index in [2.05, 4.69) is 17.4 Å². The SMILES string of the molecule is COc1nc(-c2cccc(-c3cccc4c3CC[C@@H]4Oc3nc(OC4CC4)c(CCC4(C(=O)O)CC4)cc3Cl)c2Cl)ccc1CNC[C@@H]1CCC(=O)C1. The van der Waals surface area contributed by atoms with Crippen LogP contribution in [-0.4, -0.2) is 46.6 Å². The molecule has 0 saturated heterocycles. The predicted molar refractivity (Wildman–Crippen MR) is 203 cm³/mol. The molecule has 4 aromatic rings. The second kappa shape index (κ2) is 14.9. The number of carboxylic acids is 1. The van der Waals surface area contributed by atoms with Crippen LogP contribution in [0, 0.1) is 11.3 Å². The Hall–Kier alpha value is -4.18. The number of halogens is 2. The number of fused-ring (bicyclic) bond motifs is 1. The third-order valence-electron chi connectivity index (χ3n) is 11.2.